The van der Waals surface area contributed by atoms with Gasteiger partial charge in [-0.05, 0) is 37.1 Å². The summed E-state index contributed by atoms with van der Waals surface area (Å²) in [6, 6.07) is 18.1. The molecular formula is C27H30N4O4. The number of ether oxygens (including phenoxy) is 1. The molecule has 2 heterocycles. The highest BCUT2D eigenvalue weighted by molar-refractivity contribution is 5.94. The smallest absolute Gasteiger partial charge is 0.336 e. The van der Waals surface area contributed by atoms with Gasteiger partial charge in [-0.25, -0.2) is 9.59 Å². The summed E-state index contributed by atoms with van der Waals surface area (Å²) in [6.07, 6.45) is 0. The van der Waals surface area contributed by atoms with Gasteiger partial charge in [0, 0.05) is 38.6 Å². The predicted molar refractivity (Wildman–Crippen MR) is 137 cm³/mol. The van der Waals surface area contributed by atoms with E-state index >= 15 is 0 Å². The number of nitrogens with zero attached hydrogens (tertiary/aromatic N) is 3. The van der Waals surface area contributed by atoms with Gasteiger partial charge in [0.05, 0.1) is 24.2 Å². The number of methoxy groups -OCH3 is 1. The van der Waals surface area contributed by atoms with E-state index in [9.17, 15) is 14.4 Å². The Hall–Kier alpha value is -4.07. The molecule has 0 spiro atoms. The third kappa shape index (κ3) is 4.27. The molecule has 0 radical (unpaired) electrons. The summed E-state index contributed by atoms with van der Waals surface area (Å²) in [5.74, 6) is -0.816. The Balaban J connectivity index is 1.82. The van der Waals surface area contributed by atoms with Crippen molar-refractivity contribution >= 4 is 17.5 Å². The molecule has 182 valence electrons. The van der Waals surface area contributed by atoms with Crippen molar-refractivity contribution in [1.29, 1.82) is 0 Å². The summed E-state index contributed by atoms with van der Waals surface area (Å²) in [6.45, 7) is 5.43. The number of hydrogen-bond donors (Lipinski definition) is 1. The van der Waals surface area contributed by atoms with E-state index < -0.39 is 23.1 Å². The second-order valence-corrected chi connectivity index (χ2v) is 8.65. The van der Waals surface area contributed by atoms with Crippen molar-refractivity contribution in [3.05, 3.63) is 103 Å². The van der Waals surface area contributed by atoms with Crippen molar-refractivity contribution in [2.24, 2.45) is 14.1 Å². The molecule has 1 aliphatic rings. The van der Waals surface area contributed by atoms with Crippen LogP contribution in [-0.2, 0) is 30.2 Å². The highest BCUT2D eigenvalue weighted by atomic mass is 16.5. The second-order valence-electron chi connectivity index (χ2n) is 8.65. The van der Waals surface area contributed by atoms with Crippen LogP contribution in [0.4, 0.5) is 11.5 Å². The van der Waals surface area contributed by atoms with Gasteiger partial charge in [-0.1, -0.05) is 42.5 Å². The van der Waals surface area contributed by atoms with Crippen LogP contribution in [0.5, 0.6) is 0 Å². The Bertz CT molecular complexity index is 1400. The lowest BCUT2D eigenvalue weighted by Crippen LogP contribution is -2.43. The molecule has 35 heavy (non-hydrogen) atoms. The first-order valence-corrected chi connectivity index (χ1v) is 11.5. The number of fused-ring (bicyclic) bond motifs is 1. The van der Waals surface area contributed by atoms with Gasteiger partial charge in [0.15, 0.2) is 0 Å². The first kappa shape index (κ1) is 24.1. The zero-order chi connectivity index (χ0) is 25.3. The zero-order valence-electron chi connectivity index (χ0n) is 20.7. The van der Waals surface area contributed by atoms with Gasteiger partial charge in [-0.15, -0.1) is 0 Å². The summed E-state index contributed by atoms with van der Waals surface area (Å²) in [5.41, 5.74) is 3.35. The van der Waals surface area contributed by atoms with Crippen molar-refractivity contribution in [2.75, 3.05) is 23.9 Å². The van der Waals surface area contributed by atoms with Crippen molar-refractivity contribution in [3.8, 4) is 0 Å². The standard InChI is InChI=1S/C27H30N4O4/c1-6-31(16-18-10-8-7-9-11-18)20-14-12-19(13-15-20)22-21(26(33)35-5)17(2)28-24-23(22)25(32)30(4)27(34)29(24)3/h7-15,22,28H,6,16H2,1-5H3/t22-/m1/s1. The van der Waals surface area contributed by atoms with Crippen LogP contribution in [0.3, 0.4) is 0 Å². The lowest BCUT2D eigenvalue weighted by Gasteiger charge is -2.31. The van der Waals surface area contributed by atoms with Crippen molar-refractivity contribution in [2.45, 2.75) is 26.3 Å². The van der Waals surface area contributed by atoms with E-state index in [1.807, 2.05) is 42.5 Å². The molecule has 0 fully saturated rings. The summed E-state index contributed by atoms with van der Waals surface area (Å²) in [5, 5.41) is 3.09. The van der Waals surface area contributed by atoms with Crippen LogP contribution in [0.2, 0.25) is 0 Å². The Kier molecular flexibility index (Phi) is 6.64. The van der Waals surface area contributed by atoms with E-state index in [2.05, 4.69) is 29.3 Å². The molecule has 0 unspecified atom stereocenters. The molecule has 8 heteroatoms. The predicted octanol–water partition coefficient (Wildman–Crippen LogP) is 3.11. The number of carbonyl (C=O) groups is 1. The van der Waals surface area contributed by atoms with Gasteiger partial charge >= 0.3 is 11.7 Å². The first-order valence-electron chi connectivity index (χ1n) is 11.5. The quantitative estimate of drug-likeness (QED) is 0.553. The molecule has 0 saturated heterocycles. The second kappa shape index (κ2) is 9.66. The van der Waals surface area contributed by atoms with Gasteiger partial charge in [0.2, 0.25) is 0 Å². The lowest BCUT2D eigenvalue weighted by atomic mass is 9.82. The maximum atomic E-state index is 13.3. The van der Waals surface area contributed by atoms with Crippen LogP contribution < -0.4 is 21.5 Å². The van der Waals surface area contributed by atoms with Crippen LogP contribution in [-0.4, -0.2) is 28.8 Å². The number of nitrogens with one attached hydrogen (secondary N) is 1. The van der Waals surface area contributed by atoms with Gasteiger partial charge < -0.3 is 15.0 Å². The Labute approximate surface area is 204 Å². The van der Waals surface area contributed by atoms with Crippen molar-refractivity contribution < 1.29 is 9.53 Å². The minimum absolute atomic E-state index is 0.338. The van der Waals surface area contributed by atoms with Crippen LogP contribution >= 0.6 is 0 Å². The third-order valence-corrected chi connectivity index (χ3v) is 6.58. The fourth-order valence-electron chi connectivity index (χ4n) is 4.67. The average Bonchev–Trinajstić information content (AvgIpc) is 2.89. The minimum Gasteiger partial charge on any atom is -0.466 e. The molecule has 0 amide bonds. The van der Waals surface area contributed by atoms with Gasteiger partial charge in [0.25, 0.3) is 5.56 Å². The molecule has 0 aliphatic carbocycles. The van der Waals surface area contributed by atoms with Crippen LogP contribution in [0.15, 0.2) is 75.5 Å². The topological polar surface area (TPSA) is 85.6 Å². The lowest BCUT2D eigenvalue weighted by molar-refractivity contribution is -0.136. The van der Waals surface area contributed by atoms with Crippen LogP contribution in [0.1, 0.15) is 36.5 Å². The number of anilines is 2. The van der Waals surface area contributed by atoms with Crippen LogP contribution in [0.25, 0.3) is 0 Å². The number of rotatable bonds is 6. The molecule has 4 rings (SSSR count). The molecule has 1 aromatic heterocycles. The van der Waals surface area contributed by atoms with Crippen molar-refractivity contribution in [1.82, 2.24) is 9.13 Å². The van der Waals surface area contributed by atoms with E-state index in [1.165, 1.54) is 24.3 Å². The average molecular weight is 475 g/mol. The van der Waals surface area contributed by atoms with Gasteiger partial charge in [-0.2, -0.15) is 0 Å². The third-order valence-electron chi connectivity index (χ3n) is 6.58. The number of aromatic nitrogens is 2. The van der Waals surface area contributed by atoms with Gasteiger partial charge in [0.1, 0.15) is 5.82 Å². The normalized spacial score (nSPS) is 14.8. The molecule has 1 N–H and O–H groups in total. The molecule has 0 saturated carbocycles. The number of benzene rings is 2. The minimum atomic E-state index is -0.678. The molecule has 1 atom stereocenters. The Morgan fingerprint density at radius 1 is 1.03 bits per heavy atom. The fourth-order valence-corrected chi connectivity index (χ4v) is 4.67. The zero-order valence-corrected chi connectivity index (χ0v) is 20.7. The molecule has 0 bridgehead atoms. The maximum absolute atomic E-state index is 13.3. The van der Waals surface area contributed by atoms with E-state index in [4.69, 9.17) is 4.74 Å². The van der Waals surface area contributed by atoms with E-state index in [0.29, 0.717) is 22.7 Å². The van der Waals surface area contributed by atoms with Crippen LogP contribution in [0, 0.1) is 0 Å². The Morgan fingerprint density at radius 3 is 2.29 bits per heavy atom. The first-order chi connectivity index (χ1) is 16.8. The van der Waals surface area contributed by atoms with E-state index in [-0.39, 0.29) is 0 Å². The summed E-state index contributed by atoms with van der Waals surface area (Å²) in [7, 11) is 4.36. The highest BCUT2D eigenvalue weighted by Crippen LogP contribution is 2.40. The molecule has 8 nitrogen and oxygen atoms in total. The molecular weight excluding hydrogens is 444 g/mol. The summed E-state index contributed by atoms with van der Waals surface area (Å²) < 4.78 is 7.54. The highest BCUT2D eigenvalue weighted by Gasteiger charge is 2.37. The SMILES string of the molecule is CCN(Cc1ccccc1)c1ccc([C@@H]2C(C(=O)OC)=C(C)Nc3c2c(=O)n(C)c(=O)n3C)cc1. The maximum Gasteiger partial charge on any atom is 0.336 e. The molecule has 1 aliphatic heterocycles. The van der Waals surface area contributed by atoms with Crippen molar-refractivity contribution in [3.63, 3.8) is 0 Å². The number of hydrogen-bond acceptors (Lipinski definition) is 6. The van der Waals surface area contributed by atoms with E-state index in [1.54, 1.807) is 14.0 Å². The number of allylic oxidation sites excluding steroid dienone is 1. The molecule has 2 aromatic carbocycles. The Morgan fingerprint density at radius 2 is 1.69 bits per heavy atom. The number of esters is 1. The summed E-state index contributed by atoms with van der Waals surface area (Å²) >= 11 is 0. The largest absolute Gasteiger partial charge is 0.466 e. The number of carbonyl (C=O) groups excluding carboxylic acids is 1. The van der Waals surface area contributed by atoms with Gasteiger partial charge in [-0.3, -0.25) is 13.9 Å². The summed E-state index contributed by atoms with van der Waals surface area (Å²) in [4.78, 5) is 40.9. The van der Waals surface area contributed by atoms with E-state index in [0.717, 1.165) is 28.9 Å². The fraction of sp³-hybridized carbons (Fsp3) is 0.296. The molecule has 3 aromatic rings. The monoisotopic (exact) mass is 474 g/mol.